The topological polar surface area (TPSA) is 102 Å². The van der Waals surface area contributed by atoms with Crippen molar-refractivity contribution in [1.82, 2.24) is 0 Å². The lowest BCUT2D eigenvalue weighted by atomic mass is 10.1. The number of carboxylic acids is 1. The van der Waals surface area contributed by atoms with Gasteiger partial charge >= 0.3 is 5.97 Å². The van der Waals surface area contributed by atoms with Crippen LogP contribution in [0, 0.1) is 0 Å². The van der Waals surface area contributed by atoms with Crippen molar-refractivity contribution in [2.75, 3.05) is 0 Å². The Hall–Kier alpha value is -2.43. The molecule has 0 radical (unpaired) electrons. The Kier molecular flexibility index (Phi) is 18.6. The molecule has 0 spiro atoms. The van der Waals surface area contributed by atoms with E-state index in [1.165, 1.54) is 32.1 Å². The van der Waals surface area contributed by atoms with Crippen LogP contribution >= 0.6 is 0 Å². The van der Waals surface area contributed by atoms with E-state index in [4.69, 9.17) is 14.9 Å². The molecule has 9 nitrogen and oxygen atoms in total. The monoisotopic (exact) mass is 414 g/mol. The van der Waals surface area contributed by atoms with Gasteiger partial charge in [0.15, 0.2) is 5.75 Å². The summed E-state index contributed by atoms with van der Waals surface area (Å²) in [6.07, 6.45) is 10.0. The summed E-state index contributed by atoms with van der Waals surface area (Å²) in [6, 6.07) is 8.70. The number of benzene rings is 1. The predicted octanol–water partition coefficient (Wildman–Crippen LogP) is 5.57. The maximum atomic E-state index is 9.25. The molecule has 164 valence electrons. The first-order valence-corrected chi connectivity index (χ1v) is 9.36. The Labute approximate surface area is 170 Å². The Morgan fingerprint density at radius 3 is 2.10 bits per heavy atom. The zero-order valence-corrected chi connectivity index (χ0v) is 16.7. The number of aliphatic carboxylic acids is 1. The molecule has 0 aliphatic rings. The lowest BCUT2D eigenvalue weighted by Crippen LogP contribution is -2.03. The second-order valence-corrected chi connectivity index (χ2v) is 5.77. The third-order valence-corrected chi connectivity index (χ3v) is 3.37. The van der Waals surface area contributed by atoms with Gasteiger partial charge in [0.1, 0.15) is 5.76 Å². The number of rotatable bonds is 17. The first-order chi connectivity index (χ1) is 14.1. The summed E-state index contributed by atoms with van der Waals surface area (Å²) in [7, 11) is 0. The molecule has 0 aromatic heterocycles. The van der Waals surface area contributed by atoms with Crippen LogP contribution in [0.4, 0.5) is 0 Å². The van der Waals surface area contributed by atoms with Crippen LogP contribution in [0.25, 0.3) is 0 Å². The summed E-state index contributed by atoms with van der Waals surface area (Å²) in [5.41, 5.74) is 0. The SMILES string of the molecule is C=C(CCCCCCCCC)OOOOOOOc1ccccc1.C=CC(=O)O. The van der Waals surface area contributed by atoms with E-state index in [2.05, 4.69) is 45.3 Å². The Morgan fingerprint density at radius 1 is 0.931 bits per heavy atom. The molecule has 0 fully saturated rings. The average Bonchev–Trinajstić information content (AvgIpc) is 2.73. The number of carboxylic acid groups (broad SMARTS) is 1. The van der Waals surface area contributed by atoms with Crippen LogP contribution in [0.3, 0.4) is 0 Å². The van der Waals surface area contributed by atoms with E-state index in [1.807, 2.05) is 6.07 Å². The van der Waals surface area contributed by atoms with E-state index in [9.17, 15) is 4.79 Å². The minimum absolute atomic E-state index is 0.432. The predicted molar refractivity (Wildman–Crippen MR) is 103 cm³/mol. The van der Waals surface area contributed by atoms with Gasteiger partial charge in [-0.1, -0.05) is 76.8 Å². The zero-order chi connectivity index (χ0) is 21.6. The molecule has 1 aromatic carbocycles. The van der Waals surface area contributed by atoms with Gasteiger partial charge in [-0.3, -0.25) is 0 Å². The van der Waals surface area contributed by atoms with Gasteiger partial charge < -0.3 is 14.9 Å². The van der Waals surface area contributed by atoms with Crippen molar-refractivity contribution in [2.24, 2.45) is 0 Å². The number of carbonyl (C=O) groups is 1. The van der Waals surface area contributed by atoms with Crippen LogP contribution < -0.4 is 4.89 Å². The highest BCUT2D eigenvalue weighted by Gasteiger charge is 2.00. The number of hydrogen-bond donors (Lipinski definition) is 1. The van der Waals surface area contributed by atoms with Crippen LogP contribution in [0.5, 0.6) is 5.75 Å². The molecule has 0 saturated carbocycles. The molecule has 0 saturated heterocycles. The molecule has 0 aliphatic heterocycles. The summed E-state index contributed by atoms with van der Waals surface area (Å²) in [5.74, 6) is -0.111. The van der Waals surface area contributed by atoms with Gasteiger partial charge in [-0.15, -0.1) is 0 Å². The Morgan fingerprint density at radius 2 is 1.48 bits per heavy atom. The first-order valence-electron chi connectivity index (χ1n) is 9.36. The maximum Gasteiger partial charge on any atom is 0.327 e. The highest BCUT2D eigenvalue weighted by Crippen LogP contribution is 2.12. The van der Waals surface area contributed by atoms with Gasteiger partial charge in [0.05, 0.1) is 0 Å². The first kappa shape index (κ1) is 26.6. The number of allylic oxidation sites excluding steroid dienone is 1. The lowest BCUT2D eigenvalue weighted by Gasteiger charge is -2.05. The average molecular weight is 414 g/mol. The summed E-state index contributed by atoms with van der Waals surface area (Å²) in [5, 5.41) is 28.4. The number of hydrogen-bond acceptors (Lipinski definition) is 8. The standard InChI is InChI=1S/C17H26O7.C3H4O2/c1-3-4-5-6-7-8-10-13-16(2)18-20-22-24-23-21-19-17-14-11-9-12-15-17;1-2-3(4)5/h9,11-12,14-15H,2-8,10,13H2,1H3;2H,1H2,(H,4,5). The normalized spacial score (nSPS) is 9.83. The molecule has 0 amide bonds. The molecule has 0 bridgehead atoms. The highest BCUT2D eigenvalue weighted by atomic mass is 17.9. The van der Waals surface area contributed by atoms with Crippen molar-refractivity contribution in [3.63, 3.8) is 0 Å². The van der Waals surface area contributed by atoms with E-state index in [0.29, 0.717) is 17.9 Å². The minimum Gasteiger partial charge on any atom is -0.478 e. The molecular weight excluding hydrogens is 384 g/mol. The molecule has 1 N–H and O–H groups in total. The fourth-order valence-corrected chi connectivity index (χ4v) is 1.95. The van der Waals surface area contributed by atoms with E-state index in [0.717, 1.165) is 18.9 Å². The third-order valence-electron chi connectivity index (χ3n) is 3.37. The molecule has 0 atom stereocenters. The van der Waals surface area contributed by atoms with Crippen molar-refractivity contribution < 1.29 is 44.9 Å². The molecule has 29 heavy (non-hydrogen) atoms. The maximum absolute atomic E-state index is 9.25. The smallest absolute Gasteiger partial charge is 0.327 e. The molecule has 1 aromatic rings. The third kappa shape index (κ3) is 20.1. The van der Waals surface area contributed by atoms with Gasteiger partial charge in [0, 0.05) is 37.7 Å². The fourth-order valence-electron chi connectivity index (χ4n) is 1.95. The van der Waals surface area contributed by atoms with Crippen molar-refractivity contribution in [3.05, 3.63) is 55.3 Å². The summed E-state index contributed by atoms with van der Waals surface area (Å²) < 4.78 is 0. The van der Waals surface area contributed by atoms with E-state index in [1.54, 1.807) is 24.3 Å². The molecule has 1 rings (SSSR count). The van der Waals surface area contributed by atoms with Crippen molar-refractivity contribution in [2.45, 2.75) is 58.3 Å². The summed E-state index contributed by atoms with van der Waals surface area (Å²) in [4.78, 5) is 18.7. The van der Waals surface area contributed by atoms with Gasteiger partial charge in [0.2, 0.25) is 0 Å². The quantitative estimate of drug-likeness (QED) is 0.115. The molecule has 0 aliphatic carbocycles. The summed E-state index contributed by atoms with van der Waals surface area (Å²) in [6.45, 7) is 8.87. The van der Waals surface area contributed by atoms with Crippen LogP contribution in [-0.4, -0.2) is 11.1 Å². The van der Waals surface area contributed by atoms with Crippen LogP contribution in [-0.2, 0) is 34.9 Å². The zero-order valence-electron chi connectivity index (χ0n) is 16.7. The van der Waals surface area contributed by atoms with Crippen molar-refractivity contribution in [3.8, 4) is 5.75 Å². The van der Waals surface area contributed by atoms with Crippen molar-refractivity contribution in [1.29, 1.82) is 0 Å². The molecular formula is C20H30O9. The van der Waals surface area contributed by atoms with Crippen LogP contribution in [0.1, 0.15) is 58.3 Å². The van der Waals surface area contributed by atoms with Crippen molar-refractivity contribution >= 4 is 5.97 Å². The second kappa shape index (κ2) is 20.3. The van der Waals surface area contributed by atoms with E-state index in [-0.39, 0.29) is 0 Å². The van der Waals surface area contributed by atoms with Gasteiger partial charge in [-0.2, -0.15) is 0 Å². The van der Waals surface area contributed by atoms with E-state index >= 15 is 0 Å². The second-order valence-electron chi connectivity index (χ2n) is 5.77. The lowest BCUT2D eigenvalue weighted by molar-refractivity contribution is -0.779. The number of unbranched alkanes of at least 4 members (excludes halogenated alkanes) is 6. The van der Waals surface area contributed by atoms with Crippen LogP contribution in [0.2, 0.25) is 0 Å². The van der Waals surface area contributed by atoms with Gasteiger partial charge in [-0.05, 0) is 18.6 Å². The molecule has 0 unspecified atom stereocenters. The molecule has 9 heteroatoms. The van der Waals surface area contributed by atoms with Crippen LogP contribution in [0.15, 0.2) is 55.3 Å². The van der Waals surface area contributed by atoms with Gasteiger partial charge in [0.25, 0.3) is 0 Å². The van der Waals surface area contributed by atoms with Gasteiger partial charge in [-0.25, -0.2) is 4.79 Å². The Bertz CT molecular complexity index is 534. The fraction of sp³-hybridized carbons (Fsp3) is 0.450. The van der Waals surface area contributed by atoms with E-state index < -0.39 is 5.97 Å². The molecule has 0 heterocycles. The Balaban J connectivity index is 0.00000139. The number of para-hydroxylation sites is 1. The highest BCUT2D eigenvalue weighted by molar-refractivity contribution is 5.78. The summed E-state index contributed by atoms with van der Waals surface area (Å²) >= 11 is 0. The largest absolute Gasteiger partial charge is 0.478 e. The minimum atomic E-state index is -0.981.